The van der Waals surface area contributed by atoms with Crippen LogP contribution in [0, 0.1) is 5.92 Å². The van der Waals surface area contributed by atoms with E-state index in [-0.39, 0.29) is 23.8 Å². The minimum absolute atomic E-state index is 0.0336. The number of amides is 2. The largest absolute Gasteiger partial charge is 0.354 e. The van der Waals surface area contributed by atoms with Crippen LogP contribution in [0.4, 0.5) is 0 Å². The zero-order chi connectivity index (χ0) is 15.4. The van der Waals surface area contributed by atoms with E-state index < -0.39 is 0 Å². The predicted octanol–water partition coefficient (Wildman–Crippen LogP) is 2.72. The summed E-state index contributed by atoms with van der Waals surface area (Å²) in [7, 11) is 0. The van der Waals surface area contributed by atoms with Gasteiger partial charge in [0.1, 0.15) is 0 Å². The Morgan fingerprint density at radius 2 is 1.95 bits per heavy atom. The monoisotopic (exact) mass is 308 g/mol. The lowest BCUT2D eigenvalue weighted by Crippen LogP contribution is -2.46. The zero-order valence-electron chi connectivity index (χ0n) is 12.4. The van der Waals surface area contributed by atoms with Crippen LogP contribution >= 0.6 is 11.6 Å². The van der Waals surface area contributed by atoms with Gasteiger partial charge in [-0.15, -0.1) is 0 Å². The Morgan fingerprint density at radius 3 is 2.57 bits per heavy atom. The van der Waals surface area contributed by atoms with E-state index >= 15 is 0 Å². The second kappa shape index (κ2) is 6.94. The summed E-state index contributed by atoms with van der Waals surface area (Å²) in [5.74, 6) is -0.107. The molecule has 1 saturated heterocycles. The Labute approximate surface area is 130 Å². The van der Waals surface area contributed by atoms with Crippen molar-refractivity contribution in [3.8, 4) is 0 Å². The van der Waals surface area contributed by atoms with Crippen LogP contribution in [0.5, 0.6) is 0 Å². The summed E-state index contributed by atoms with van der Waals surface area (Å²) in [5, 5.41) is 3.54. The normalized spacial score (nSPS) is 18.7. The van der Waals surface area contributed by atoms with Gasteiger partial charge in [-0.1, -0.05) is 11.6 Å². The maximum atomic E-state index is 12.5. The number of benzene rings is 1. The summed E-state index contributed by atoms with van der Waals surface area (Å²) >= 11 is 5.84. The Morgan fingerprint density at radius 1 is 1.29 bits per heavy atom. The zero-order valence-corrected chi connectivity index (χ0v) is 13.2. The second-order valence-corrected chi connectivity index (χ2v) is 6.20. The van der Waals surface area contributed by atoms with Crippen molar-refractivity contribution >= 4 is 23.4 Å². The molecule has 1 aliphatic rings. The van der Waals surface area contributed by atoms with Gasteiger partial charge in [-0.2, -0.15) is 0 Å². The van der Waals surface area contributed by atoms with Crippen molar-refractivity contribution in [2.24, 2.45) is 5.92 Å². The van der Waals surface area contributed by atoms with Gasteiger partial charge < -0.3 is 10.2 Å². The number of carbonyl (C=O) groups excluding carboxylic acids is 2. The van der Waals surface area contributed by atoms with Crippen LogP contribution in [0.15, 0.2) is 24.3 Å². The van der Waals surface area contributed by atoms with Crippen LogP contribution in [0.3, 0.4) is 0 Å². The molecule has 114 valence electrons. The fraction of sp³-hybridized carbons (Fsp3) is 0.500. The lowest BCUT2D eigenvalue weighted by atomic mass is 9.96. The standard InChI is InChI=1S/C16H21ClN2O2/c1-11(2)18-15(20)13-4-3-9-19(10-13)16(21)12-5-7-14(17)8-6-12/h5-8,11,13H,3-4,9-10H2,1-2H3,(H,18,20). The Bertz CT molecular complexity index is 514. The first kappa shape index (κ1) is 15.8. The molecule has 1 atom stereocenters. The lowest BCUT2D eigenvalue weighted by molar-refractivity contribution is -0.126. The number of nitrogens with zero attached hydrogens (tertiary/aromatic N) is 1. The van der Waals surface area contributed by atoms with E-state index in [0.29, 0.717) is 23.7 Å². The van der Waals surface area contributed by atoms with E-state index in [9.17, 15) is 9.59 Å². The number of hydrogen-bond acceptors (Lipinski definition) is 2. The van der Waals surface area contributed by atoms with E-state index in [2.05, 4.69) is 5.32 Å². The molecule has 0 spiro atoms. The molecule has 1 N–H and O–H groups in total. The second-order valence-electron chi connectivity index (χ2n) is 5.76. The summed E-state index contributed by atoms with van der Waals surface area (Å²) in [4.78, 5) is 26.3. The molecular weight excluding hydrogens is 288 g/mol. The number of piperidine rings is 1. The highest BCUT2D eigenvalue weighted by atomic mass is 35.5. The van der Waals surface area contributed by atoms with Gasteiger partial charge in [0.15, 0.2) is 0 Å². The third kappa shape index (κ3) is 4.21. The van der Waals surface area contributed by atoms with Gasteiger partial charge in [-0.3, -0.25) is 9.59 Å². The highest BCUT2D eigenvalue weighted by Crippen LogP contribution is 2.20. The predicted molar refractivity (Wildman–Crippen MR) is 83.4 cm³/mol. The highest BCUT2D eigenvalue weighted by Gasteiger charge is 2.29. The van der Waals surface area contributed by atoms with Gasteiger partial charge in [-0.25, -0.2) is 0 Å². The summed E-state index contributed by atoms with van der Waals surface area (Å²) in [5.41, 5.74) is 0.615. The lowest BCUT2D eigenvalue weighted by Gasteiger charge is -2.32. The molecule has 1 fully saturated rings. The average molecular weight is 309 g/mol. The van der Waals surface area contributed by atoms with Crippen molar-refractivity contribution < 1.29 is 9.59 Å². The van der Waals surface area contributed by atoms with Crippen LogP contribution < -0.4 is 5.32 Å². The smallest absolute Gasteiger partial charge is 0.253 e. The van der Waals surface area contributed by atoms with Gasteiger partial charge in [0, 0.05) is 29.7 Å². The number of nitrogens with one attached hydrogen (secondary N) is 1. The molecular formula is C16H21ClN2O2. The third-order valence-electron chi connectivity index (χ3n) is 3.60. The quantitative estimate of drug-likeness (QED) is 0.933. The van der Waals surface area contributed by atoms with E-state index in [1.807, 2.05) is 13.8 Å². The van der Waals surface area contributed by atoms with Crippen molar-refractivity contribution in [2.75, 3.05) is 13.1 Å². The number of likely N-dealkylation sites (tertiary alicyclic amines) is 1. The minimum Gasteiger partial charge on any atom is -0.354 e. The van der Waals surface area contributed by atoms with Gasteiger partial charge in [0.2, 0.25) is 5.91 Å². The Balaban J connectivity index is 2.01. The maximum absolute atomic E-state index is 12.5. The minimum atomic E-state index is -0.114. The van der Waals surface area contributed by atoms with Crippen molar-refractivity contribution in [2.45, 2.75) is 32.7 Å². The molecule has 1 heterocycles. The van der Waals surface area contributed by atoms with Crippen LogP contribution in [0.2, 0.25) is 5.02 Å². The van der Waals surface area contributed by atoms with E-state index in [0.717, 1.165) is 12.8 Å². The first-order chi connectivity index (χ1) is 9.97. The summed E-state index contributed by atoms with van der Waals surface area (Å²) in [6.07, 6.45) is 1.69. The van der Waals surface area contributed by atoms with E-state index in [4.69, 9.17) is 11.6 Å². The number of halogens is 1. The molecule has 1 unspecified atom stereocenters. The fourth-order valence-corrected chi connectivity index (χ4v) is 2.68. The van der Waals surface area contributed by atoms with Crippen LogP contribution in [0.1, 0.15) is 37.0 Å². The van der Waals surface area contributed by atoms with E-state index in [1.165, 1.54) is 0 Å². The van der Waals surface area contributed by atoms with E-state index in [1.54, 1.807) is 29.2 Å². The molecule has 0 saturated carbocycles. The topological polar surface area (TPSA) is 49.4 Å². The summed E-state index contributed by atoms with van der Waals surface area (Å²) in [6, 6.07) is 6.99. The molecule has 5 heteroatoms. The molecule has 0 radical (unpaired) electrons. The van der Waals surface area contributed by atoms with Crippen molar-refractivity contribution in [1.29, 1.82) is 0 Å². The van der Waals surface area contributed by atoms with Crippen LogP contribution in [0.25, 0.3) is 0 Å². The molecule has 1 aromatic carbocycles. The van der Waals surface area contributed by atoms with Crippen molar-refractivity contribution in [1.82, 2.24) is 10.2 Å². The molecule has 0 aromatic heterocycles. The van der Waals surface area contributed by atoms with Crippen LogP contribution in [-0.4, -0.2) is 35.8 Å². The third-order valence-corrected chi connectivity index (χ3v) is 3.85. The molecule has 4 nitrogen and oxygen atoms in total. The molecule has 0 aliphatic carbocycles. The first-order valence-electron chi connectivity index (χ1n) is 7.32. The maximum Gasteiger partial charge on any atom is 0.253 e. The highest BCUT2D eigenvalue weighted by molar-refractivity contribution is 6.30. The Kier molecular flexibility index (Phi) is 5.23. The van der Waals surface area contributed by atoms with Crippen molar-refractivity contribution in [3.63, 3.8) is 0 Å². The summed E-state index contributed by atoms with van der Waals surface area (Å²) < 4.78 is 0. The average Bonchev–Trinajstić information content (AvgIpc) is 2.47. The fourth-order valence-electron chi connectivity index (χ4n) is 2.55. The number of hydrogen-bond donors (Lipinski definition) is 1. The van der Waals surface area contributed by atoms with Crippen LogP contribution in [-0.2, 0) is 4.79 Å². The molecule has 0 bridgehead atoms. The van der Waals surface area contributed by atoms with Gasteiger partial charge in [0.25, 0.3) is 5.91 Å². The molecule has 2 amide bonds. The number of carbonyl (C=O) groups is 2. The molecule has 1 aliphatic heterocycles. The SMILES string of the molecule is CC(C)NC(=O)C1CCCN(C(=O)c2ccc(Cl)cc2)C1. The molecule has 21 heavy (non-hydrogen) atoms. The molecule has 2 rings (SSSR count). The van der Waals surface area contributed by atoms with Gasteiger partial charge in [-0.05, 0) is 51.0 Å². The molecule has 1 aromatic rings. The summed E-state index contributed by atoms with van der Waals surface area (Å²) in [6.45, 7) is 5.07. The van der Waals surface area contributed by atoms with Crippen molar-refractivity contribution in [3.05, 3.63) is 34.9 Å². The first-order valence-corrected chi connectivity index (χ1v) is 7.70. The van der Waals surface area contributed by atoms with Gasteiger partial charge >= 0.3 is 0 Å². The Hall–Kier alpha value is -1.55. The number of rotatable bonds is 3. The van der Waals surface area contributed by atoms with Gasteiger partial charge in [0.05, 0.1) is 5.92 Å².